The molecule has 7 heteroatoms. The van der Waals surface area contributed by atoms with Crippen molar-refractivity contribution in [3.8, 4) is 0 Å². The van der Waals surface area contributed by atoms with E-state index in [0.717, 1.165) is 43.8 Å². The summed E-state index contributed by atoms with van der Waals surface area (Å²) in [6.45, 7) is 0. The second-order valence-electron chi connectivity index (χ2n) is 7.70. The molecule has 1 heterocycles. The Morgan fingerprint density at radius 1 is 1.04 bits per heavy atom. The largest absolute Gasteiger partial charge is 0.331 e. The van der Waals surface area contributed by atoms with Crippen molar-refractivity contribution in [1.82, 2.24) is 16.2 Å². The van der Waals surface area contributed by atoms with Crippen LogP contribution in [0.5, 0.6) is 0 Å². The zero-order chi connectivity index (χ0) is 17.5. The highest BCUT2D eigenvalue weighted by Gasteiger charge is 2.28. The average Bonchev–Trinajstić information content (AvgIpc) is 3.08. The van der Waals surface area contributed by atoms with Gasteiger partial charge in [-0.15, -0.1) is 11.8 Å². The average molecular weight is 390 g/mol. The number of halogens is 1. The van der Waals surface area contributed by atoms with Gasteiger partial charge in [0.2, 0.25) is 5.91 Å². The predicted octanol–water partition coefficient (Wildman–Crippen LogP) is 4.13. The summed E-state index contributed by atoms with van der Waals surface area (Å²) < 4.78 is 13.4. The highest BCUT2D eigenvalue weighted by Crippen LogP contribution is 2.34. The molecule has 3 fully saturated rings. The number of carbonyl (C=O) groups excluding carboxylic acids is 1. The SMILES string of the molecule is O=C(CCC1CCCCC1)NC1NNC(SCC2CCC(F)CC2)S1. The molecule has 25 heavy (non-hydrogen) atoms. The lowest BCUT2D eigenvalue weighted by molar-refractivity contribution is -0.121. The molecule has 2 unspecified atom stereocenters. The summed E-state index contributed by atoms with van der Waals surface area (Å²) in [7, 11) is 0. The van der Waals surface area contributed by atoms with E-state index in [2.05, 4.69) is 16.2 Å². The predicted molar refractivity (Wildman–Crippen MR) is 105 cm³/mol. The molecule has 1 aliphatic heterocycles. The molecule has 3 N–H and O–H groups in total. The fourth-order valence-electron chi connectivity index (χ4n) is 4.03. The Bertz CT molecular complexity index is 415. The minimum atomic E-state index is -0.574. The van der Waals surface area contributed by atoms with Crippen LogP contribution < -0.4 is 16.2 Å². The second kappa shape index (κ2) is 10.4. The number of hydrogen-bond donors (Lipinski definition) is 3. The Morgan fingerprint density at radius 3 is 2.56 bits per heavy atom. The topological polar surface area (TPSA) is 53.2 Å². The first-order valence-electron chi connectivity index (χ1n) is 9.90. The third-order valence-electron chi connectivity index (χ3n) is 5.65. The summed E-state index contributed by atoms with van der Waals surface area (Å²) in [6, 6.07) is 0. The number of hydrazine groups is 1. The molecule has 0 aromatic carbocycles. The van der Waals surface area contributed by atoms with Gasteiger partial charge in [-0.25, -0.2) is 15.2 Å². The van der Waals surface area contributed by atoms with Crippen molar-refractivity contribution in [1.29, 1.82) is 0 Å². The fourth-order valence-corrected chi connectivity index (χ4v) is 6.56. The van der Waals surface area contributed by atoms with Gasteiger partial charge in [0.1, 0.15) is 16.4 Å². The van der Waals surface area contributed by atoms with Crippen LogP contribution in [0.3, 0.4) is 0 Å². The molecule has 0 aromatic rings. The minimum Gasteiger partial charge on any atom is -0.331 e. The van der Waals surface area contributed by atoms with Gasteiger partial charge in [-0.1, -0.05) is 43.9 Å². The van der Waals surface area contributed by atoms with Crippen LogP contribution in [0.4, 0.5) is 4.39 Å². The summed E-state index contributed by atoms with van der Waals surface area (Å²) in [5.41, 5.74) is 6.38. The van der Waals surface area contributed by atoms with Crippen LogP contribution in [0.2, 0.25) is 0 Å². The highest BCUT2D eigenvalue weighted by molar-refractivity contribution is 8.17. The quantitative estimate of drug-likeness (QED) is 0.611. The van der Waals surface area contributed by atoms with Gasteiger partial charge in [0.05, 0.1) is 0 Å². The van der Waals surface area contributed by atoms with E-state index in [9.17, 15) is 9.18 Å². The van der Waals surface area contributed by atoms with Gasteiger partial charge in [0, 0.05) is 6.42 Å². The van der Waals surface area contributed by atoms with Crippen LogP contribution in [-0.2, 0) is 4.79 Å². The Morgan fingerprint density at radius 2 is 1.80 bits per heavy atom. The lowest BCUT2D eigenvalue weighted by atomic mass is 9.86. The lowest BCUT2D eigenvalue weighted by Crippen LogP contribution is -2.43. The summed E-state index contributed by atoms with van der Waals surface area (Å²) in [6.07, 6.45) is 11.2. The van der Waals surface area contributed by atoms with Crippen molar-refractivity contribution in [2.75, 3.05) is 5.75 Å². The van der Waals surface area contributed by atoms with Crippen molar-refractivity contribution >= 4 is 29.4 Å². The molecular formula is C18H32FN3OS2. The smallest absolute Gasteiger partial charge is 0.221 e. The van der Waals surface area contributed by atoms with Crippen LogP contribution >= 0.6 is 23.5 Å². The first-order valence-corrected chi connectivity index (χ1v) is 11.9. The van der Waals surface area contributed by atoms with E-state index in [0.29, 0.717) is 12.3 Å². The number of amides is 1. The molecule has 2 atom stereocenters. The van der Waals surface area contributed by atoms with Gasteiger partial charge >= 0.3 is 0 Å². The molecular weight excluding hydrogens is 357 g/mol. The Hall–Kier alpha value is 0.0200. The Labute approximate surface area is 159 Å². The van der Waals surface area contributed by atoms with E-state index >= 15 is 0 Å². The van der Waals surface area contributed by atoms with Crippen LogP contribution in [0, 0.1) is 11.8 Å². The zero-order valence-electron chi connectivity index (χ0n) is 15.0. The molecule has 0 aromatic heterocycles. The molecule has 0 spiro atoms. The number of carbonyl (C=O) groups is 1. The monoisotopic (exact) mass is 389 g/mol. The number of hydrogen-bond acceptors (Lipinski definition) is 5. The Kier molecular flexibility index (Phi) is 8.21. The third-order valence-corrected chi connectivity index (χ3v) is 8.35. The Balaban J connectivity index is 1.26. The molecule has 0 bridgehead atoms. The molecule has 1 amide bonds. The van der Waals surface area contributed by atoms with Gasteiger partial charge < -0.3 is 5.32 Å². The van der Waals surface area contributed by atoms with Gasteiger partial charge in [0.15, 0.2) is 0 Å². The first kappa shape index (κ1) is 19.8. The summed E-state index contributed by atoms with van der Waals surface area (Å²) >= 11 is 3.60. The first-order chi connectivity index (χ1) is 12.2. The van der Waals surface area contributed by atoms with Crippen molar-refractivity contribution in [2.24, 2.45) is 11.8 Å². The second-order valence-corrected chi connectivity index (χ2v) is 10.3. The standard InChI is InChI=1S/C18H32FN3OS2/c19-15-9-6-14(7-10-15)12-24-18-22-21-17(25-18)20-16(23)11-8-13-4-2-1-3-5-13/h13-15,17-18,21-22H,1-12H2,(H,20,23). The minimum absolute atomic E-state index is 0.0436. The van der Waals surface area contributed by atoms with E-state index in [4.69, 9.17) is 0 Å². The molecule has 144 valence electrons. The van der Waals surface area contributed by atoms with Crippen molar-refractivity contribution in [3.05, 3.63) is 0 Å². The maximum absolute atomic E-state index is 13.2. The van der Waals surface area contributed by atoms with Crippen LogP contribution in [0.25, 0.3) is 0 Å². The summed E-state index contributed by atoms with van der Waals surface area (Å²) in [5, 5.41) is 3.08. The normalized spacial score (nSPS) is 34.1. The molecule has 3 aliphatic rings. The van der Waals surface area contributed by atoms with Crippen molar-refractivity contribution < 1.29 is 9.18 Å². The van der Waals surface area contributed by atoms with Gasteiger partial charge in [-0.2, -0.15) is 0 Å². The molecule has 1 saturated heterocycles. The van der Waals surface area contributed by atoms with Crippen molar-refractivity contribution in [2.45, 2.75) is 87.0 Å². The number of alkyl halides is 1. The molecule has 0 radical (unpaired) electrons. The number of rotatable bonds is 7. The van der Waals surface area contributed by atoms with Crippen LogP contribution in [0.1, 0.15) is 70.6 Å². The fraction of sp³-hybridized carbons (Fsp3) is 0.944. The lowest BCUT2D eigenvalue weighted by Gasteiger charge is -2.24. The van der Waals surface area contributed by atoms with E-state index in [1.54, 1.807) is 11.8 Å². The third kappa shape index (κ3) is 6.92. The van der Waals surface area contributed by atoms with E-state index < -0.39 is 6.17 Å². The molecule has 2 saturated carbocycles. The summed E-state index contributed by atoms with van der Waals surface area (Å²) in [5.74, 6) is 2.62. The molecule has 3 rings (SSSR count). The molecule has 2 aliphatic carbocycles. The van der Waals surface area contributed by atoms with Crippen molar-refractivity contribution in [3.63, 3.8) is 0 Å². The zero-order valence-corrected chi connectivity index (χ0v) is 16.6. The van der Waals surface area contributed by atoms with E-state index in [1.807, 2.05) is 11.8 Å². The molecule has 4 nitrogen and oxygen atoms in total. The van der Waals surface area contributed by atoms with Crippen LogP contribution in [-0.4, -0.2) is 28.0 Å². The van der Waals surface area contributed by atoms with Gasteiger partial charge in [0.25, 0.3) is 0 Å². The van der Waals surface area contributed by atoms with E-state index in [-0.39, 0.29) is 16.1 Å². The summed E-state index contributed by atoms with van der Waals surface area (Å²) in [4.78, 5) is 12.1. The number of thioether (sulfide) groups is 2. The number of nitrogens with one attached hydrogen (secondary N) is 3. The van der Waals surface area contributed by atoms with Gasteiger partial charge in [-0.3, -0.25) is 4.79 Å². The maximum atomic E-state index is 13.2. The highest BCUT2D eigenvalue weighted by atomic mass is 32.2. The van der Waals surface area contributed by atoms with Crippen LogP contribution in [0.15, 0.2) is 0 Å². The van der Waals surface area contributed by atoms with E-state index in [1.165, 1.54) is 32.1 Å². The maximum Gasteiger partial charge on any atom is 0.221 e. The van der Waals surface area contributed by atoms with Gasteiger partial charge in [-0.05, 0) is 49.7 Å².